The van der Waals surface area contributed by atoms with Gasteiger partial charge in [-0.2, -0.15) is 5.26 Å². The minimum absolute atomic E-state index is 0. The van der Waals surface area contributed by atoms with Gasteiger partial charge in [0.25, 0.3) is 6.67 Å². The SMILES string of the molecule is C[C@H](N)c1ccccc1.N#CCBr.[B].[C-]#[N+]CN[C@@H](C)c1ccccc1. The van der Waals surface area contributed by atoms with E-state index in [9.17, 15) is 0 Å². The molecule has 0 aliphatic heterocycles. The van der Waals surface area contributed by atoms with Crippen molar-refractivity contribution in [2.24, 2.45) is 5.73 Å². The van der Waals surface area contributed by atoms with Crippen LogP contribution >= 0.6 is 15.9 Å². The molecule has 0 saturated heterocycles. The molecule has 2 aromatic carbocycles. The highest BCUT2D eigenvalue weighted by Crippen LogP contribution is 2.10. The van der Waals surface area contributed by atoms with E-state index in [2.05, 4.69) is 45.1 Å². The predicted molar refractivity (Wildman–Crippen MR) is 114 cm³/mol. The van der Waals surface area contributed by atoms with Crippen molar-refractivity contribution in [1.29, 1.82) is 5.26 Å². The van der Waals surface area contributed by atoms with E-state index < -0.39 is 0 Å². The Balaban J connectivity index is 0. The lowest BCUT2D eigenvalue weighted by atomic mass is 10.1. The van der Waals surface area contributed by atoms with E-state index in [1.165, 1.54) is 11.1 Å². The Bertz CT molecular complexity index is 636. The first kappa shape index (κ1) is 26.1. The minimum Gasteiger partial charge on any atom is -0.324 e. The second-order valence-electron chi connectivity index (χ2n) is 5.14. The number of nitrogens with zero attached hydrogens (tertiary/aromatic N) is 2. The van der Waals surface area contributed by atoms with Gasteiger partial charge < -0.3 is 5.73 Å². The lowest BCUT2D eigenvalue weighted by Crippen LogP contribution is -2.17. The summed E-state index contributed by atoms with van der Waals surface area (Å²) in [6, 6.07) is 22.4. The van der Waals surface area contributed by atoms with Crippen molar-refractivity contribution in [3.8, 4) is 6.07 Å². The van der Waals surface area contributed by atoms with Gasteiger partial charge in [0.15, 0.2) is 0 Å². The normalized spacial score (nSPS) is 10.8. The van der Waals surface area contributed by atoms with E-state index in [1.54, 1.807) is 0 Å². The molecule has 2 rings (SSSR count). The van der Waals surface area contributed by atoms with Crippen molar-refractivity contribution in [3.05, 3.63) is 83.2 Å². The van der Waals surface area contributed by atoms with Gasteiger partial charge in [-0.3, -0.25) is 4.85 Å². The summed E-state index contributed by atoms with van der Waals surface area (Å²) in [5.41, 5.74) is 8.03. The number of benzene rings is 2. The van der Waals surface area contributed by atoms with E-state index in [4.69, 9.17) is 17.6 Å². The summed E-state index contributed by atoms with van der Waals surface area (Å²) in [4.78, 5) is 3.24. The molecule has 2 aromatic rings. The summed E-state index contributed by atoms with van der Waals surface area (Å²) < 4.78 is 0. The third kappa shape index (κ3) is 13.2. The van der Waals surface area contributed by atoms with Crippen molar-refractivity contribution < 1.29 is 0 Å². The molecule has 3 N–H and O–H groups in total. The first-order valence-electron chi connectivity index (χ1n) is 7.91. The van der Waals surface area contributed by atoms with E-state index in [0.29, 0.717) is 12.0 Å². The lowest BCUT2D eigenvalue weighted by molar-refractivity contribution is 0.616. The Morgan fingerprint density at radius 3 is 1.81 bits per heavy atom. The fourth-order valence-electron chi connectivity index (χ4n) is 1.80. The second kappa shape index (κ2) is 17.7. The van der Waals surface area contributed by atoms with Crippen LogP contribution in [-0.4, -0.2) is 20.4 Å². The number of halogens is 1. The summed E-state index contributed by atoms with van der Waals surface area (Å²) in [5.74, 6) is 0. The van der Waals surface area contributed by atoms with Gasteiger partial charge in [0, 0.05) is 20.5 Å². The molecule has 0 aliphatic rings. The van der Waals surface area contributed by atoms with Gasteiger partial charge in [-0.15, -0.1) is 0 Å². The molecular weight excluding hydrogens is 387 g/mol. The highest BCUT2D eigenvalue weighted by Gasteiger charge is 2.02. The number of rotatable bonds is 4. The molecule has 0 heterocycles. The highest BCUT2D eigenvalue weighted by atomic mass is 79.9. The van der Waals surface area contributed by atoms with E-state index in [0.717, 1.165) is 0 Å². The van der Waals surface area contributed by atoms with Crippen LogP contribution in [0.4, 0.5) is 0 Å². The molecule has 0 saturated carbocycles. The minimum atomic E-state index is 0. The first-order chi connectivity index (χ1) is 12.1. The highest BCUT2D eigenvalue weighted by molar-refractivity contribution is 9.09. The molecular formula is C20H25BBrN4. The van der Waals surface area contributed by atoms with Crippen LogP contribution in [0.15, 0.2) is 60.7 Å². The summed E-state index contributed by atoms with van der Waals surface area (Å²) in [5, 5.41) is 11.1. The van der Waals surface area contributed by atoms with Gasteiger partial charge in [0.2, 0.25) is 0 Å². The molecule has 3 radical (unpaired) electrons. The predicted octanol–water partition coefficient (Wildman–Crippen LogP) is 4.44. The van der Waals surface area contributed by atoms with Crippen molar-refractivity contribution in [2.45, 2.75) is 25.9 Å². The van der Waals surface area contributed by atoms with Crippen molar-refractivity contribution >= 4 is 24.3 Å². The molecule has 26 heavy (non-hydrogen) atoms. The molecule has 4 nitrogen and oxygen atoms in total. The monoisotopic (exact) mass is 411 g/mol. The van der Waals surface area contributed by atoms with Crippen LogP contribution in [0.5, 0.6) is 0 Å². The van der Waals surface area contributed by atoms with Crippen molar-refractivity contribution in [1.82, 2.24) is 5.32 Å². The van der Waals surface area contributed by atoms with Gasteiger partial charge in [-0.25, -0.2) is 11.9 Å². The van der Waals surface area contributed by atoms with E-state index in [-0.39, 0.29) is 20.5 Å². The number of hydrogen-bond acceptors (Lipinski definition) is 3. The molecule has 2 atom stereocenters. The molecule has 0 aromatic heterocycles. The Hall–Kier alpha value is -2.12. The number of alkyl halides is 1. The van der Waals surface area contributed by atoms with Crippen LogP contribution in [0, 0.1) is 17.9 Å². The van der Waals surface area contributed by atoms with Crippen LogP contribution in [0.2, 0.25) is 0 Å². The molecule has 0 fully saturated rings. The quantitative estimate of drug-likeness (QED) is 0.443. The van der Waals surface area contributed by atoms with Gasteiger partial charge >= 0.3 is 0 Å². The largest absolute Gasteiger partial charge is 0.324 e. The molecule has 0 unspecified atom stereocenters. The molecule has 0 aliphatic carbocycles. The van der Waals surface area contributed by atoms with Gasteiger partial charge in [0.1, 0.15) is 0 Å². The zero-order valence-corrected chi connectivity index (χ0v) is 16.9. The van der Waals surface area contributed by atoms with E-state index in [1.807, 2.05) is 61.5 Å². The van der Waals surface area contributed by atoms with Crippen LogP contribution in [-0.2, 0) is 0 Å². The van der Waals surface area contributed by atoms with Crippen LogP contribution in [0.25, 0.3) is 4.85 Å². The fraction of sp³-hybridized carbons (Fsp3) is 0.300. The molecule has 0 amide bonds. The maximum atomic E-state index is 7.58. The standard InChI is InChI=1S/C10H12N2.C8H11N.C2H2BrN.B/c1-9(12-8-11-2)10-6-4-3-5-7-10;1-7(9)8-5-3-2-4-6-8;3-1-2-4;/h3-7,9,12H,8H2,1H3;2-7H,9H2,1H3;1H2;/t9-;7-;;/m00../s1. The van der Waals surface area contributed by atoms with Crippen LogP contribution in [0.3, 0.4) is 0 Å². The summed E-state index contributed by atoms with van der Waals surface area (Å²) in [6.07, 6.45) is 0. The third-order valence-electron chi connectivity index (χ3n) is 3.16. The van der Waals surface area contributed by atoms with Gasteiger partial charge in [-0.05, 0) is 25.0 Å². The zero-order chi connectivity index (χ0) is 18.9. The van der Waals surface area contributed by atoms with Gasteiger partial charge in [0.05, 0.1) is 11.4 Å². The average molecular weight is 412 g/mol. The Morgan fingerprint density at radius 1 is 1.08 bits per heavy atom. The topological polar surface area (TPSA) is 66.2 Å². The maximum Gasteiger partial charge on any atom is 0.268 e. The summed E-state index contributed by atoms with van der Waals surface area (Å²) >= 11 is 2.89. The Labute approximate surface area is 167 Å². The molecule has 135 valence electrons. The molecule has 0 bridgehead atoms. The Morgan fingerprint density at radius 2 is 1.50 bits per heavy atom. The van der Waals surface area contributed by atoms with Crippen LogP contribution < -0.4 is 11.1 Å². The molecule has 0 spiro atoms. The Kier molecular flexibility index (Phi) is 17.8. The van der Waals surface area contributed by atoms with Gasteiger partial charge in [-0.1, -0.05) is 76.6 Å². The lowest BCUT2D eigenvalue weighted by Gasteiger charge is -2.08. The summed E-state index contributed by atoms with van der Waals surface area (Å²) in [6.45, 7) is 11.0. The first-order valence-corrected chi connectivity index (χ1v) is 9.03. The van der Waals surface area contributed by atoms with E-state index >= 15 is 0 Å². The zero-order valence-electron chi connectivity index (χ0n) is 15.3. The second-order valence-corrected chi connectivity index (χ2v) is 5.70. The number of nitrogens with two attached hydrogens (primary N) is 1. The van der Waals surface area contributed by atoms with Crippen molar-refractivity contribution in [3.63, 3.8) is 0 Å². The van der Waals surface area contributed by atoms with Crippen molar-refractivity contribution in [2.75, 3.05) is 12.0 Å². The fourth-order valence-corrected chi connectivity index (χ4v) is 1.80. The third-order valence-corrected chi connectivity index (χ3v) is 3.41. The molecule has 6 heteroatoms. The number of nitriles is 1. The van der Waals surface area contributed by atoms with Crippen LogP contribution in [0.1, 0.15) is 37.1 Å². The maximum absolute atomic E-state index is 7.58. The number of hydrogen-bond donors (Lipinski definition) is 2. The smallest absolute Gasteiger partial charge is 0.268 e. The average Bonchev–Trinajstić information content (AvgIpc) is 2.68. The summed E-state index contributed by atoms with van der Waals surface area (Å²) in [7, 11) is 0. The number of nitrogens with one attached hydrogen (secondary N) is 1.